The lowest BCUT2D eigenvalue weighted by atomic mass is 9.97. The van der Waals surface area contributed by atoms with Gasteiger partial charge in [0.25, 0.3) is 5.91 Å². The fourth-order valence-electron chi connectivity index (χ4n) is 3.62. The highest BCUT2D eigenvalue weighted by atomic mass is 16.4. The van der Waals surface area contributed by atoms with Crippen LogP contribution in [0.1, 0.15) is 12.8 Å². The fraction of sp³-hybridized carbons (Fsp3) is 0.556. The van der Waals surface area contributed by atoms with Crippen LogP contribution in [0.3, 0.4) is 0 Å². The Balaban J connectivity index is 1.43. The van der Waals surface area contributed by atoms with Crippen LogP contribution in [0.15, 0.2) is 30.3 Å². The lowest BCUT2D eigenvalue weighted by Gasteiger charge is -2.37. The number of hydrogen-bond acceptors (Lipinski definition) is 4. The molecule has 6 heteroatoms. The number of nitrogens with zero attached hydrogens (tertiary/aromatic N) is 2. The van der Waals surface area contributed by atoms with Crippen molar-refractivity contribution in [2.45, 2.75) is 12.8 Å². The number of amides is 1. The van der Waals surface area contributed by atoms with Crippen LogP contribution in [0.2, 0.25) is 0 Å². The quantitative estimate of drug-likeness (QED) is 0.720. The summed E-state index contributed by atoms with van der Waals surface area (Å²) in [6.45, 7) is 5.19. The molecule has 1 N–H and O–H groups in total. The third kappa shape index (κ3) is 4.06. The smallest absolute Gasteiger partial charge is 0.277 e. The van der Waals surface area contributed by atoms with Gasteiger partial charge in [0, 0.05) is 56.6 Å². The zero-order chi connectivity index (χ0) is 16.9. The minimum absolute atomic E-state index is 0.185. The molecule has 130 valence electrons. The molecule has 6 nitrogen and oxygen atoms in total. The molecular weight excluding hydrogens is 306 g/mol. The minimum atomic E-state index is -0.947. The van der Waals surface area contributed by atoms with Crippen molar-refractivity contribution < 1.29 is 19.6 Å². The summed E-state index contributed by atoms with van der Waals surface area (Å²) in [6, 6.07) is 10.3. The van der Waals surface area contributed by atoms with Crippen LogP contribution in [0.5, 0.6) is 0 Å². The van der Waals surface area contributed by atoms with Crippen molar-refractivity contribution in [1.29, 1.82) is 0 Å². The van der Waals surface area contributed by atoms with E-state index in [1.807, 2.05) is 23.1 Å². The van der Waals surface area contributed by atoms with Gasteiger partial charge in [-0.2, -0.15) is 0 Å². The first-order valence-electron chi connectivity index (χ1n) is 8.75. The van der Waals surface area contributed by atoms with Gasteiger partial charge in [0.05, 0.1) is 13.1 Å². The number of aliphatic carboxylic acids is 1. The number of benzene rings is 1. The molecule has 0 spiro atoms. The molecule has 3 rings (SSSR count). The van der Waals surface area contributed by atoms with Crippen molar-refractivity contribution in [1.82, 2.24) is 4.90 Å². The molecule has 1 aromatic rings. The number of carbonyl (C=O) groups is 2. The zero-order valence-corrected chi connectivity index (χ0v) is 13.9. The summed E-state index contributed by atoms with van der Waals surface area (Å²) in [5.74, 6) is -1.10. The number of carboxylic acids is 1. The summed E-state index contributed by atoms with van der Waals surface area (Å²) in [7, 11) is 0. The van der Waals surface area contributed by atoms with Crippen LogP contribution >= 0.6 is 0 Å². The van der Waals surface area contributed by atoms with Gasteiger partial charge in [-0.05, 0) is 12.1 Å². The van der Waals surface area contributed by atoms with Gasteiger partial charge in [-0.1, -0.05) is 18.2 Å². The van der Waals surface area contributed by atoms with Gasteiger partial charge in [0.2, 0.25) is 0 Å². The molecule has 0 atom stereocenters. The first kappa shape index (κ1) is 16.8. The van der Waals surface area contributed by atoms with Crippen molar-refractivity contribution in [2.75, 3.05) is 50.7 Å². The monoisotopic (exact) mass is 331 g/mol. The van der Waals surface area contributed by atoms with Crippen LogP contribution < -0.4 is 14.9 Å². The van der Waals surface area contributed by atoms with Crippen LogP contribution in [-0.2, 0) is 9.59 Å². The molecule has 2 aliphatic heterocycles. The topological polar surface area (TPSA) is 68.1 Å². The van der Waals surface area contributed by atoms with Gasteiger partial charge in [-0.25, -0.2) is 0 Å². The standard InChI is InChI=1S/C18H25N3O3/c22-17(14-19-8-6-15(7-9-19)18(23)24)21-12-10-20(11-13-21)16-4-2-1-3-5-16/h1-5,15H,6-14H2,(H,23,24). The summed E-state index contributed by atoms with van der Waals surface area (Å²) < 4.78 is 0. The lowest BCUT2D eigenvalue weighted by molar-refractivity contribution is -0.898. The van der Waals surface area contributed by atoms with Crippen LogP contribution in [-0.4, -0.2) is 62.6 Å². The van der Waals surface area contributed by atoms with E-state index in [0.717, 1.165) is 39.3 Å². The Kier molecular flexibility index (Phi) is 5.35. The summed E-state index contributed by atoms with van der Waals surface area (Å²) in [5.41, 5.74) is 1.21. The van der Waals surface area contributed by atoms with E-state index in [2.05, 4.69) is 17.0 Å². The average molecular weight is 331 g/mol. The van der Waals surface area contributed by atoms with Gasteiger partial charge >= 0.3 is 0 Å². The molecule has 24 heavy (non-hydrogen) atoms. The van der Waals surface area contributed by atoms with E-state index in [0.29, 0.717) is 19.4 Å². The fourth-order valence-corrected chi connectivity index (χ4v) is 3.62. The summed E-state index contributed by atoms with van der Waals surface area (Å²) in [6.07, 6.45) is 1.24. The van der Waals surface area contributed by atoms with Crippen molar-refractivity contribution >= 4 is 17.6 Å². The number of likely N-dealkylation sites (tertiary alicyclic amines) is 1. The third-order valence-corrected chi connectivity index (χ3v) is 5.18. The van der Waals surface area contributed by atoms with Crippen molar-refractivity contribution in [3.05, 3.63) is 30.3 Å². The second kappa shape index (κ2) is 7.66. The highest BCUT2D eigenvalue weighted by Crippen LogP contribution is 2.15. The number of anilines is 1. The van der Waals surface area contributed by atoms with E-state index in [-0.39, 0.29) is 11.8 Å². The zero-order valence-electron chi connectivity index (χ0n) is 13.9. The van der Waals surface area contributed by atoms with Gasteiger partial charge in [-0.15, -0.1) is 0 Å². The summed E-state index contributed by atoms with van der Waals surface area (Å²) in [4.78, 5) is 28.8. The van der Waals surface area contributed by atoms with Crippen LogP contribution in [0.4, 0.5) is 5.69 Å². The maximum absolute atomic E-state index is 12.5. The highest BCUT2D eigenvalue weighted by Gasteiger charge is 2.28. The molecular formula is C18H25N3O3. The van der Waals surface area contributed by atoms with Gasteiger partial charge in [0.15, 0.2) is 6.54 Å². The maximum atomic E-state index is 12.5. The van der Waals surface area contributed by atoms with Gasteiger partial charge in [0.1, 0.15) is 0 Å². The lowest BCUT2D eigenvalue weighted by Crippen LogP contribution is -3.14. The van der Waals surface area contributed by atoms with Crippen molar-refractivity contribution in [2.24, 2.45) is 5.92 Å². The first-order chi connectivity index (χ1) is 11.6. The number of rotatable bonds is 4. The molecule has 2 aliphatic rings. The second-order valence-corrected chi connectivity index (χ2v) is 6.72. The normalized spacial score (nSPS) is 24.7. The Bertz CT molecular complexity index is 562. The molecule has 1 aromatic carbocycles. The molecule has 2 saturated heterocycles. The number of carboxylic acid groups (broad SMARTS) is 1. The number of nitrogens with one attached hydrogen (secondary N) is 1. The number of carbonyl (C=O) groups excluding carboxylic acids is 2. The average Bonchev–Trinajstić information content (AvgIpc) is 2.63. The Morgan fingerprint density at radius 2 is 1.67 bits per heavy atom. The molecule has 2 fully saturated rings. The Labute approximate surface area is 142 Å². The number of para-hydroxylation sites is 1. The van der Waals surface area contributed by atoms with Gasteiger partial charge < -0.3 is 24.6 Å². The number of piperidine rings is 1. The third-order valence-electron chi connectivity index (χ3n) is 5.18. The summed E-state index contributed by atoms with van der Waals surface area (Å²) in [5, 5.41) is 10.9. The van der Waals surface area contributed by atoms with E-state index in [4.69, 9.17) is 0 Å². The predicted octanol–water partition coefficient (Wildman–Crippen LogP) is -1.62. The molecule has 1 amide bonds. The largest absolute Gasteiger partial charge is 0.550 e. The van der Waals surface area contributed by atoms with Crippen LogP contribution in [0, 0.1) is 5.92 Å². The number of hydrogen-bond donors (Lipinski definition) is 1. The number of quaternary nitrogens is 1. The predicted molar refractivity (Wildman–Crippen MR) is 88.5 cm³/mol. The first-order valence-corrected chi connectivity index (χ1v) is 8.75. The Morgan fingerprint density at radius 1 is 1.04 bits per heavy atom. The molecule has 0 saturated carbocycles. The second-order valence-electron chi connectivity index (χ2n) is 6.72. The Hall–Kier alpha value is -2.08. The van der Waals surface area contributed by atoms with E-state index < -0.39 is 5.97 Å². The molecule has 0 aliphatic carbocycles. The molecule has 0 unspecified atom stereocenters. The van der Waals surface area contributed by atoms with E-state index in [1.165, 1.54) is 10.6 Å². The molecule has 2 heterocycles. The minimum Gasteiger partial charge on any atom is -0.550 e. The molecule has 0 bridgehead atoms. The molecule has 0 aromatic heterocycles. The SMILES string of the molecule is O=C([O-])C1CC[NH+](CC(=O)N2CCN(c3ccccc3)CC2)CC1. The van der Waals surface area contributed by atoms with Gasteiger partial charge in [-0.3, -0.25) is 4.79 Å². The highest BCUT2D eigenvalue weighted by molar-refractivity contribution is 5.77. The van der Waals surface area contributed by atoms with Crippen LogP contribution in [0.25, 0.3) is 0 Å². The summed E-state index contributed by atoms with van der Waals surface area (Å²) >= 11 is 0. The van der Waals surface area contributed by atoms with Crippen molar-refractivity contribution in [3.8, 4) is 0 Å². The van der Waals surface area contributed by atoms with E-state index in [1.54, 1.807) is 0 Å². The maximum Gasteiger partial charge on any atom is 0.277 e. The Morgan fingerprint density at radius 3 is 2.25 bits per heavy atom. The molecule has 0 radical (unpaired) electrons. The van der Waals surface area contributed by atoms with Crippen molar-refractivity contribution in [3.63, 3.8) is 0 Å². The van der Waals surface area contributed by atoms with E-state index >= 15 is 0 Å². The van der Waals surface area contributed by atoms with E-state index in [9.17, 15) is 14.7 Å². The number of piperazine rings is 1.